The number of fused-ring (bicyclic) bond motifs is 1. The number of rotatable bonds is 6. The predicted octanol–water partition coefficient (Wildman–Crippen LogP) is 4.24. The van der Waals surface area contributed by atoms with Crippen molar-refractivity contribution in [1.29, 1.82) is 0 Å². The molecule has 1 atom stereocenters. The van der Waals surface area contributed by atoms with Crippen LogP contribution in [0.2, 0.25) is 0 Å². The van der Waals surface area contributed by atoms with E-state index in [1.165, 1.54) is 23.4 Å². The Morgan fingerprint density at radius 3 is 2.16 bits per heavy atom. The van der Waals surface area contributed by atoms with Gasteiger partial charge in [-0.25, -0.2) is 8.42 Å². The van der Waals surface area contributed by atoms with Crippen LogP contribution in [0, 0.1) is 0 Å². The lowest BCUT2D eigenvalue weighted by molar-refractivity contribution is 0.101. The summed E-state index contributed by atoms with van der Waals surface area (Å²) in [5.41, 5.74) is 3.23. The largest absolute Gasteiger partial charge is 0.493 e. The molecule has 6 nitrogen and oxygen atoms in total. The summed E-state index contributed by atoms with van der Waals surface area (Å²) in [6, 6.07) is 18.9. The van der Waals surface area contributed by atoms with Gasteiger partial charge >= 0.3 is 0 Å². The maximum atomic E-state index is 13.7. The van der Waals surface area contributed by atoms with Crippen molar-refractivity contribution in [3.63, 3.8) is 0 Å². The SMILES string of the molecule is COc1cc2c(cc1OC)C(c1ccccc1)N(S(=O)(=O)c1ccc(C(C)=O)cc1)CC2. The first kappa shape index (κ1) is 22.0. The van der Waals surface area contributed by atoms with E-state index in [1.54, 1.807) is 26.4 Å². The average molecular weight is 452 g/mol. The molecule has 3 aromatic rings. The molecule has 0 saturated heterocycles. The smallest absolute Gasteiger partial charge is 0.243 e. The van der Waals surface area contributed by atoms with Gasteiger partial charge in [-0.1, -0.05) is 42.5 Å². The van der Waals surface area contributed by atoms with Crippen molar-refractivity contribution in [1.82, 2.24) is 4.31 Å². The molecule has 0 aromatic heterocycles. The molecule has 1 heterocycles. The molecule has 1 aliphatic rings. The Hall–Kier alpha value is -3.16. The molecule has 1 aliphatic heterocycles. The normalized spacial score (nSPS) is 16.3. The van der Waals surface area contributed by atoms with Crippen LogP contribution in [-0.4, -0.2) is 39.3 Å². The topological polar surface area (TPSA) is 72.9 Å². The Balaban J connectivity index is 1.86. The van der Waals surface area contributed by atoms with Crippen LogP contribution < -0.4 is 9.47 Å². The highest BCUT2D eigenvalue weighted by Crippen LogP contribution is 2.43. The number of ketones is 1. The van der Waals surface area contributed by atoms with E-state index >= 15 is 0 Å². The Morgan fingerprint density at radius 1 is 0.938 bits per heavy atom. The molecule has 166 valence electrons. The second kappa shape index (κ2) is 8.76. The lowest BCUT2D eigenvalue weighted by Gasteiger charge is -2.37. The zero-order valence-corrected chi connectivity index (χ0v) is 19.1. The van der Waals surface area contributed by atoms with E-state index in [-0.39, 0.29) is 10.7 Å². The van der Waals surface area contributed by atoms with Crippen LogP contribution in [0.4, 0.5) is 0 Å². The summed E-state index contributed by atoms with van der Waals surface area (Å²) < 4.78 is 39.9. The molecule has 0 fully saturated rings. The van der Waals surface area contributed by atoms with Gasteiger partial charge in [-0.05, 0) is 54.3 Å². The lowest BCUT2D eigenvalue weighted by atomic mass is 9.89. The van der Waals surface area contributed by atoms with Crippen LogP contribution in [0.3, 0.4) is 0 Å². The fourth-order valence-corrected chi connectivity index (χ4v) is 5.76. The minimum Gasteiger partial charge on any atom is -0.493 e. The van der Waals surface area contributed by atoms with Gasteiger partial charge in [0.1, 0.15) is 0 Å². The molecule has 0 saturated carbocycles. The van der Waals surface area contributed by atoms with Crippen LogP contribution in [0.15, 0.2) is 71.6 Å². The minimum absolute atomic E-state index is 0.107. The Morgan fingerprint density at radius 2 is 1.56 bits per heavy atom. The van der Waals surface area contributed by atoms with Crippen molar-refractivity contribution in [2.24, 2.45) is 0 Å². The van der Waals surface area contributed by atoms with E-state index in [1.807, 2.05) is 42.5 Å². The quantitative estimate of drug-likeness (QED) is 0.524. The zero-order chi connectivity index (χ0) is 22.9. The van der Waals surface area contributed by atoms with Gasteiger partial charge in [0, 0.05) is 12.1 Å². The molecule has 32 heavy (non-hydrogen) atoms. The molecule has 4 rings (SSSR count). The molecule has 0 amide bonds. The number of nitrogens with zero attached hydrogens (tertiary/aromatic N) is 1. The van der Waals surface area contributed by atoms with Crippen LogP contribution in [0.5, 0.6) is 11.5 Å². The molecule has 0 aliphatic carbocycles. The molecule has 0 radical (unpaired) electrons. The van der Waals surface area contributed by atoms with Crippen molar-refractivity contribution in [2.75, 3.05) is 20.8 Å². The molecule has 1 unspecified atom stereocenters. The number of carbonyl (C=O) groups is 1. The summed E-state index contributed by atoms with van der Waals surface area (Å²) in [6.07, 6.45) is 0.545. The first-order valence-electron chi connectivity index (χ1n) is 10.3. The Bertz CT molecular complexity index is 1240. The fourth-order valence-electron chi connectivity index (χ4n) is 4.16. The Labute approximate surface area is 188 Å². The summed E-state index contributed by atoms with van der Waals surface area (Å²) in [5, 5.41) is 0. The van der Waals surface area contributed by atoms with Crippen molar-refractivity contribution < 1.29 is 22.7 Å². The van der Waals surface area contributed by atoms with Gasteiger partial charge < -0.3 is 9.47 Å². The third-order valence-electron chi connectivity index (χ3n) is 5.81. The van der Waals surface area contributed by atoms with Crippen LogP contribution in [0.25, 0.3) is 0 Å². The number of sulfonamides is 1. The van der Waals surface area contributed by atoms with Crippen molar-refractivity contribution in [3.05, 3.63) is 89.0 Å². The van der Waals surface area contributed by atoms with Gasteiger partial charge in [0.15, 0.2) is 17.3 Å². The standard InChI is InChI=1S/C25H25NO5S/c1-17(27)18-9-11-21(12-10-18)32(28,29)26-14-13-20-15-23(30-2)24(31-3)16-22(20)25(26)19-7-5-4-6-8-19/h4-12,15-16,25H,13-14H2,1-3H3. The third kappa shape index (κ3) is 3.89. The number of methoxy groups -OCH3 is 2. The third-order valence-corrected chi connectivity index (χ3v) is 7.69. The average Bonchev–Trinajstić information content (AvgIpc) is 2.82. The molecular weight excluding hydrogens is 426 g/mol. The summed E-state index contributed by atoms with van der Waals surface area (Å²) in [7, 11) is -0.678. The first-order valence-corrected chi connectivity index (χ1v) is 11.7. The molecule has 3 aromatic carbocycles. The first-order chi connectivity index (χ1) is 15.4. The predicted molar refractivity (Wildman–Crippen MR) is 122 cm³/mol. The van der Waals surface area contributed by atoms with Crippen molar-refractivity contribution in [2.45, 2.75) is 24.3 Å². The maximum absolute atomic E-state index is 13.7. The fraction of sp³-hybridized carbons (Fsp3) is 0.240. The highest BCUT2D eigenvalue weighted by molar-refractivity contribution is 7.89. The highest BCUT2D eigenvalue weighted by atomic mass is 32.2. The number of hydrogen-bond donors (Lipinski definition) is 0. The number of benzene rings is 3. The van der Waals surface area contributed by atoms with E-state index in [2.05, 4.69) is 0 Å². The number of ether oxygens (including phenoxy) is 2. The van der Waals surface area contributed by atoms with E-state index in [4.69, 9.17) is 9.47 Å². The summed E-state index contributed by atoms with van der Waals surface area (Å²) in [5.74, 6) is 1.07. The molecule has 0 spiro atoms. The zero-order valence-electron chi connectivity index (χ0n) is 18.2. The van der Waals surface area contributed by atoms with Crippen LogP contribution >= 0.6 is 0 Å². The molecule has 0 bridgehead atoms. The summed E-state index contributed by atoms with van der Waals surface area (Å²) >= 11 is 0. The Kier molecular flexibility index (Phi) is 6.04. The minimum atomic E-state index is -3.83. The van der Waals surface area contributed by atoms with E-state index in [0.29, 0.717) is 30.0 Å². The van der Waals surface area contributed by atoms with Crippen molar-refractivity contribution >= 4 is 15.8 Å². The summed E-state index contributed by atoms with van der Waals surface area (Å²) in [4.78, 5) is 11.8. The summed E-state index contributed by atoms with van der Waals surface area (Å²) in [6.45, 7) is 1.77. The van der Waals surface area contributed by atoms with Crippen LogP contribution in [0.1, 0.15) is 40.0 Å². The molecule has 0 N–H and O–H groups in total. The van der Waals surface area contributed by atoms with Gasteiger partial charge in [-0.2, -0.15) is 4.31 Å². The molecule has 7 heteroatoms. The highest BCUT2D eigenvalue weighted by Gasteiger charge is 2.38. The van der Waals surface area contributed by atoms with Crippen molar-refractivity contribution in [3.8, 4) is 11.5 Å². The van der Waals surface area contributed by atoms with E-state index < -0.39 is 16.1 Å². The number of Topliss-reactive ketones (excluding diaryl/α,β-unsaturated/α-hetero) is 1. The number of hydrogen-bond acceptors (Lipinski definition) is 5. The van der Waals surface area contributed by atoms with E-state index in [0.717, 1.165) is 16.7 Å². The van der Waals surface area contributed by atoms with Gasteiger partial charge in [0.25, 0.3) is 0 Å². The van der Waals surface area contributed by atoms with Gasteiger partial charge in [0.2, 0.25) is 10.0 Å². The van der Waals surface area contributed by atoms with Gasteiger partial charge in [-0.15, -0.1) is 0 Å². The monoisotopic (exact) mass is 451 g/mol. The second-order valence-electron chi connectivity index (χ2n) is 7.67. The number of carbonyl (C=O) groups excluding carboxylic acids is 1. The second-order valence-corrected chi connectivity index (χ2v) is 9.56. The van der Waals surface area contributed by atoms with Gasteiger partial charge in [-0.3, -0.25) is 4.79 Å². The van der Waals surface area contributed by atoms with Gasteiger partial charge in [0.05, 0.1) is 25.2 Å². The van der Waals surface area contributed by atoms with E-state index in [9.17, 15) is 13.2 Å². The lowest BCUT2D eigenvalue weighted by Crippen LogP contribution is -2.40. The maximum Gasteiger partial charge on any atom is 0.243 e. The molecular formula is C25H25NO5S. The van der Waals surface area contributed by atoms with Crippen LogP contribution in [-0.2, 0) is 16.4 Å².